The van der Waals surface area contributed by atoms with E-state index in [0.717, 1.165) is 38.1 Å². The lowest BCUT2D eigenvalue weighted by molar-refractivity contribution is 0.176. The fraction of sp³-hybridized carbons (Fsp3) is 0.611. The van der Waals surface area contributed by atoms with Crippen LogP contribution in [0.25, 0.3) is 0 Å². The first-order valence-corrected chi connectivity index (χ1v) is 8.50. The van der Waals surface area contributed by atoms with Gasteiger partial charge >= 0.3 is 0 Å². The van der Waals surface area contributed by atoms with E-state index in [0.29, 0.717) is 0 Å². The number of rotatable bonds is 4. The molecule has 1 saturated heterocycles. The summed E-state index contributed by atoms with van der Waals surface area (Å²) in [5, 5.41) is 3.42. The van der Waals surface area contributed by atoms with Crippen molar-refractivity contribution >= 4 is 5.96 Å². The Kier molecular flexibility index (Phi) is 4.98. The number of benzene rings is 1. The van der Waals surface area contributed by atoms with Crippen LogP contribution in [-0.4, -0.2) is 49.0 Å². The third-order valence-corrected chi connectivity index (χ3v) is 4.68. The van der Waals surface area contributed by atoms with Gasteiger partial charge < -0.3 is 10.2 Å². The van der Waals surface area contributed by atoms with E-state index in [9.17, 15) is 0 Å². The van der Waals surface area contributed by atoms with Gasteiger partial charge in [-0.15, -0.1) is 0 Å². The number of piperidine rings is 1. The van der Waals surface area contributed by atoms with Gasteiger partial charge in [-0.1, -0.05) is 31.2 Å². The second kappa shape index (κ2) is 7.14. The molecule has 2 aliphatic heterocycles. The minimum Gasteiger partial charge on any atom is -0.352 e. The van der Waals surface area contributed by atoms with Gasteiger partial charge in [-0.05, 0) is 36.4 Å². The van der Waals surface area contributed by atoms with E-state index in [4.69, 9.17) is 0 Å². The second-order valence-electron chi connectivity index (χ2n) is 6.78. The van der Waals surface area contributed by atoms with E-state index in [1.165, 1.54) is 37.1 Å². The summed E-state index contributed by atoms with van der Waals surface area (Å²) in [6, 6.07) is 9.03. The van der Waals surface area contributed by atoms with Crippen molar-refractivity contribution in [3.05, 3.63) is 35.4 Å². The summed E-state index contributed by atoms with van der Waals surface area (Å²) in [5.41, 5.74) is 2.74. The van der Waals surface area contributed by atoms with Gasteiger partial charge in [0.15, 0.2) is 5.96 Å². The van der Waals surface area contributed by atoms with Gasteiger partial charge in [0.05, 0.1) is 6.54 Å². The fourth-order valence-corrected chi connectivity index (χ4v) is 3.36. The topological polar surface area (TPSA) is 30.9 Å². The zero-order chi connectivity index (χ0) is 15.4. The highest BCUT2D eigenvalue weighted by atomic mass is 15.3. The normalized spacial score (nSPS) is 22.7. The highest BCUT2D eigenvalue weighted by molar-refractivity contribution is 5.81. The lowest BCUT2D eigenvalue weighted by Crippen LogP contribution is -2.35. The number of likely N-dealkylation sites (tertiary alicyclic amines) is 1. The maximum absolute atomic E-state index is 4.46. The number of hydrogen-bond donors (Lipinski definition) is 1. The maximum atomic E-state index is 4.46. The molecule has 0 aliphatic carbocycles. The molecule has 1 N–H and O–H groups in total. The lowest BCUT2D eigenvalue weighted by atomic mass is 9.99. The summed E-state index contributed by atoms with van der Waals surface area (Å²) in [4.78, 5) is 9.22. The molecule has 0 spiro atoms. The Morgan fingerprint density at radius 1 is 1.18 bits per heavy atom. The van der Waals surface area contributed by atoms with E-state index in [2.05, 4.69) is 58.3 Å². The third-order valence-electron chi connectivity index (χ3n) is 4.68. The Hall–Kier alpha value is -1.55. The number of hydrogen-bond acceptors (Lipinski definition) is 4. The van der Waals surface area contributed by atoms with Gasteiger partial charge in [-0.3, -0.25) is 9.89 Å². The van der Waals surface area contributed by atoms with Gasteiger partial charge in [0.1, 0.15) is 0 Å². The molecule has 1 atom stereocenters. The number of likely N-dealkylation sites (N-methyl/N-ethyl adjacent to an activating group) is 1. The van der Waals surface area contributed by atoms with Gasteiger partial charge in [-0.2, -0.15) is 0 Å². The summed E-state index contributed by atoms with van der Waals surface area (Å²) in [7, 11) is 2.08. The highest BCUT2D eigenvalue weighted by Crippen LogP contribution is 2.18. The molecule has 0 aromatic heterocycles. The van der Waals surface area contributed by atoms with Crippen molar-refractivity contribution < 1.29 is 0 Å². The molecule has 120 valence electrons. The van der Waals surface area contributed by atoms with E-state index < -0.39 is 0 Å². The van der Waals surface area contributed by atoms with Crippen molar-refractivity contribution in [2.24, 2.45) is 10.9 Å². The first kappa shape index (κ1) is 15.3. The van der Waals surface area contributed by atoms with Crippen LogP contribution in [0.3, 0.4) is 0 Å². The predicted molar refractivity (Wildman–Crippen MR) is 91.9 cm³/mol. The Morgan fingerprint density at radius 3 is 2.64 bits per heavy atom. The standard InChI is InChI=1S/C18H28N4/c1-15-4-3-10-22(13-15)14-17-7-5-16(6-8-17)12-20-18-19-9-11-21(18)2/h5-8,15H,3-4,9-14H2,1-2H3,(H,19,20). The SMILES string of the molecule is CC1CCCN(Cc2ccc(CNC3=NCCN3C)cc2)C1. The quantitative estimate of drug-likeness (QED) is 0.926. The average Bonchev–Trinajstić information content (AvgIpc) is 2.92. The van der Waals surface area contributed by atoms with E-state index >= 15 is 0 Å². The van der Waals surface area contributed by atoms with Crippen LogP contribution < -0.4 is 5.32 Å². The van der Waals surface area contributed by atoms with Crippen LogP contribution in [0.2, 0.25) is 0 Å². The number of guanidine groups is 1. The van der Waals surface area contributed by atoms with E-state index in [-0.39, 0.29) is 0 Å². The minimum atomic E-state index is 0.849. The van der Waals surface area contributed by atoms with Crippen LogP contribution in [0, 0.1) is 5.92 Å². The average molecular weight is 300 g/mol. The molecule has 2 heterocycles. The van der Waals surface area contributed by atoms with Crippen molar-refractivity contribution in [2.75, 3.05) is 33.2 Å². The summed E-state index contributed by atoms with van der Waals surface area (Å²) in [5.74, 6) is 1.87. The zero-order valence-electron chi connectivity index (χ0n) is 13.9. The minimum absolute atomic E-state index is 0.849. The summed E-state index contributed by atoms with van der Waals surface area (Å²) in [6.45, 7) is 8.73. The molecule has 1 aromatic carbocycles. The number of nitrogens with one attached hydrogen (secondary N) is 1. The third kappa shape index (κ3) is 4.01. The van der Waals surface area contributed by atoms with Crippen molar-refractivity contribution in [3.63, 3.8) is 0 Å². The van der Waals surface area contributed by atoms with Crippen molar-refractivity contribution in [1.29, 1.82) is 0 Å². The molecule has 1 unspecified atom stereocenters. The van der Waals surface area contributed by atoms with Gasteiger partial charge in [0.25, 0.3) is 0 Å². The van der Waals surface area contributed by atoms with Crippen LogP contribution in [0.5, 0.6) is 0 Å². The molecular formula is C18H28N4. The fourth-order valence-electron chi connectivity index (χ4n) is 3.36. The van der Waals surface area contributed by atoms with Crippen molar-refractivity contribution in [1.82, 2.24) is 15.1 Å². The molecule has 0 amide bonds. The van der Waals surface area contributed by atoms with E-state index in [1.807, 2.05) is 0 Å². The number of aliphatic imine (C=N–C) groups is 1. The Balaban J connectivity index is 1.49. The second-order valence-corrected chi connectivity index (χ2v) is 6.78. The summed E-state index contributed by atoms with van der Waals surface area (Å²) < 4.78 is 0. The van der Waals surface area contributed by atoms with Crippen LogP contribution in [-0.2, 0) is 13.1 Å². The van der Waals surface area contributed by atoms with Crippen LogP contribution >= 0.6 is 0 Å². The molecule has 1 fully saturated rings. The largest absolute Gasteiger partial charge is 0.352 e. The van der Waals surface area contributed by atoms with E-state index in [1.54, 1.807) is 0 Å². The predicted octanol–water partition coefficient (Wildman–Crippen LogP) is 2.31. The molecule has 1 aromatic rings. The first-order valence-electron chi connectivity index (χ1n) is 8.50. The van der Waals surface area contributed by atoms with Gasteiger partial charge in [-0.25, -0.2) is 0 Å². The molecule has 0 saturated carbocycles. The molecular weight excluding hydrogens is 272 g/mol. The zero-order valence-corrected chi connectivity index (χ0v) is 13.9. The monoisotopic (exact) mass is 300 g/mol. The molecule has 4 nitrogen and oxygen atoms in total. The van der Waals surface area contributed by atoms with Crippen LogP contribution in [0.1, 0.15) is 30.9 Å². The van der Waals surface area contributed by atoms with Crippen molar-refractivity contribution in [3.8, 4) is 0 Å². The van der Waals surface area contributed by atoms with Crippen molar-refractivity contribution in [2.45, 2.75) is 32.9 Å². The molecule has 3 rings (SSSR count). The van der Waals surface area contributed by atoms with Gasteiger partial charge in [0, 0.05) is 33.2 Å². The highest BCUT2D eigenvalue weighted by Gasteiger charge is 2.16. The van der Waals surface area contributed by atoms with Crippen LogP contribution in [0.15, 0.2) is 29.3 Å². The molecule has 0 bridgehead atoms. The van der Waals surface area contributed by atoms with Crippen LogP contribution in [0.4, 0.5) is 0 Å². The lowest BCUT2D eigenvalue weighted by Gasteiger charge is -2.30. The van der Waals surface area contributed by atoms with Gasteiger partial charge in [0.2, 0.25) is 0 Å². The maximum Gasteiger partial charge on any atom is 0.194 e. The summed E-state index contributed by atoms with van der Waals surface area (Å²) >= 11 is 0. The number of nitrogens with zero attached hydrogens (tertiary/aromatic N) is 3. The first-order chi connectivity index (χ1) is 10.7. The Morgan fingerprint density at radius 2 is 1.95 bits per heavy atom. The molecule has 4 heteroatoms. The summed E-state index contributed by atoms with van der Waals surface area (Å²) in [6.07, 6.45) is 2.73. The Bertz CT molecular complexity index is 508. The molecule has 22 heavy (non-hydrogen) atoms. The molecule has 2 aliphatic rings. The molecule has 0 radical (unpaired) electrons. The Labute approximate surface area is 134 Å². The smallest absolute Gasteiger partial charge is 0.194 e.